The number of aliphatic imine (C=N–C) groups is 1. The van der Waals surface area contributed by atoms with Gasteiger partial charge in [0.05, 0.1) is 6.54 Å². The third kappa shape index (κ3) is 1.29. The fourth-order valence-electron chi connectivity index (χ4n) is 5.57. The van der Waals surface area contributed by atoms with E-state index in [1.807, 2.05) is 11.8 Å². The third-order valence-electron chi connectivity index (χ3n) is 5.87. The van der Waals surface area contributed by atoms with E-state index in [2.05, 4.69) is 16.1 Å². The van der Waals surface area contributed by atoms with Crippen LogP contribution in [0.1, 0.15) is 38.5 Å². The first-order valence-corrected chi connectivity index (χ1v) is 8.34. The topological polar surface area (TPSA) is 15.6 Å². The highest BCUT2D eigenvalue weighted by molar-refractivity contribution is 8.17. The molecule has 0 aromatic heterocycles. The van der Waals surface area contributed by atoms with Crippen LogP contribution in [0.4, 0.5) is 0 Å². The Morgan fingerprint density at radius 2 is 1.78 bits per heavy atom. The lowest BCUT2D eigenvalue weighted by Gasteiger charge is -2.57. The van der Waals surface area contributed by atoms with Crippen LogP contribution in [0, 0.1) is 23.2 Å². The molecule has 4 bridgehead atoms. The SMILES string of the molecule is C1=C(C23CC4CC(CC(C4)C2)C3)SC2=NCCN12. The Balaban J connectivity index is 1.51. The number of hydrogen-bond donors (Lipinski definition) is 0. The molecule has 6 aliphatic rings. The molecule has 96 valence electrons. The van der Waals surface area contributed by atoms with Gasteiger partial charge in [-0.3, -0.25) is 4.99 Å². The van der Waals surface area contributed by atoms with Crippen molar-refractivity contribution in [3.05, 3.63) is 11.1 Å². The van der Waals surface area contributed by atoms with Crippen molar-refractivity contribution in [1.82, 2.24) is 4.90 Å². The van der Waals surface area contributed by atoms with Crippen molar-refractivity contribution in [2.45, 2.75) is 38.5 Å². The predicted octanol–water partition coefficient (Wildman–Crippen LogP) is 3.46. The van der Waals surface area contributed by atoms with Gasteiger partial charge in [0.2, 0.25) is 0 Å². The smallest absolute Gasteiger partial charge is 0.168 e. The molecule has 2 heterocycles. The molecule has 2 aliphatic heterocycles. The van der Waals surface area contributed by atoms with Gasteiger partial charge in [0, 0.05) is 23.1 Å². The van der Waals surface area contributed by atoms with Crippen molar-refractivity contribution in [2.75, 3.05) is 13.1 Å². The van der Waals surface area contributed by atoms with E-state index in [1.54, 1.807) is 24.2 Å². The van der Waals surface area contributed by atoms with Crippen molar-refractivity contribution < 1.29 is 0 Å². The summed E-state index contributed by atoms with van der Waals surface area (Å²) in [7, 11) is 0. The fraction of sp³-hybridized carbons (Fsp3) is 0.800. The Morgan fingerprint density at radius 1 is 1.11 bits per heavy atom. The number of rotatable bonds is 1. The van der Waals surface area contributed by atoms with E-state index in [9.17, 15) is 0 Å². The first-order chi connectivity index (χ1) is 8.81. The predicted molar refractivity (Wildman–Crippen MR) is 75.3 cm³/mol. The molecule has 6 rings (SSSR count). The van der Waals surface area contributed by atoms with Gasteiger partial charge >= 0.3 is 0 Å². The van der Waals surface area contributed by atoms with Crippen LogP contribution < -0.4 is 0 Å². The lowest BCUT2D eigenvalue weighted by Crippen LogP contribution is -2.46. The lowest BCUT2D eigenvalue weighted by atomic mass is 9.49. The maximum atomic E-state index is 4.63. The molecule has 0 aromatic rings. The second-order valence-corrected chi connectivity index (χ2v) is 8.16. The Hall–Kier alpha value is -0.440. The number of thioether (sulfide) groups is 1. The van der Waals surface area contributed by atoms with Crippen molar-refractivity contribution in [2.24, 2.45) is 28.2 Å². The van der Waals surface area contributed by atoms with Crippen LogP contribution in [0.5, 0.6) is 0 Å². The minimum Gasteiger partial charge on any atom is -0.325 e. The Morgan fingerprint density at radius 3 is 2.39 bits per heavy atom. The zero-order valence-corrected chi connectivity index (χ0v) is 11.6. The van der Waals surface area contributed by atoms with E-state index in [4.69, 9.17) is 0 Å². The zero-order valence-electron chi connectivity index (χ0n) is 10.8. The Labute approximate surface area is 113 Å². The lowest BCUT2D eigenvalue weighted by molar-refractivity contribution is -0.0260. The van der Waals surface area contributed by atoms with Gasteiger partial charge in [-0.15, -0.1) is 0 Å². The second-order valence-electron chi connectivity index (χ2n) is 7.15. The van der Waals surface area contributed by atoms with Crippen LogP contribution in [0.15, 0.2) is 16.1 Å². The fourth-order valence-corrected chi connectivity index (χ4v) is 6.83. The number of hydrogen-bond acceptors (Lipinski definition) is 3. The molecule has 4 saturated carbocycles. The van der Waals surface area contributed by atoms with Gasteiger partial charge in [-0.25, -0.2) is 0 Å². The molecular weight excluding hydrogens is 240 g/mol. The summed E-state index contributed by atoms with van der Waals surface area (Å²) < 4.78 is 0. The maximum Gasteiger partial charge on any atom is 0.168 e. The average molecular weight is 260 g/mol. The normalized spacial score (nSPS) is 48.4. The average Bonchev–Trinajstić information content (AvgIpc) is 2.86. The van der Waals surface area contributed by atoms with Gasteiger partial charge in [0.1, 0.15) is 0 Å². The van der Waals surface area contributed by atoms with Crippen molar-refractivity contribution in [3.8, 4) is 0 Å². The minimum atomic E-state index is 0.576. The Bertz CT molecular complexity index is 430. The summed E-state index contributed by atoms with van der Waals surface area (Å²) in [5.41, 5.74) is 0.576. The summed E-state index contributed by atoms with van der Waals surface area (Å²) in [5.74, 6) is 3.15. The first kappa shape index (κ1) is 10.4. The number of fused-ring (bicyclic) bond motifs is 1. The molecule has 0 saturated heterocycles. The third-order valence-corrected chi connectivity index (χ3v) is 7.17. The van der Waals surface area contributed by atoms with E-state index >= 15 is 0 Å². The van der Waals surface area contributed by atoms with Crippen LogP contribution in [-0.2, 0) is 0 Å². The molecule has 0 spiro atoms. The maximum absolute atomic E-state index is 4.63. The van der Waals surface area contributed by atoms with Crippen molar-refractivity contribution in [3.63, 3.8) is 0 Å². The molecule has 4 fully saturated rings. The first-order valence-electron chi connectivity index (χ1n) is 7.52. The summed E-state index contributed by atoms with van der Waals surface area (Å²) in [6, 6.07) is 0. The van der Waals surface area contributed by atoms with Crippen LogP contribution in [0.25, 0.3) is 0 Å². The van der Waals surface area contributed by atoms with E-state index in [0.717, 1.165) is 30.8 Å². The second kappa shape index (κ2) is 3.36. The molecule has 0 unspecified atom stereocenters. The van der Waals surface area contributed by atoms with Crippen molar-refractivity contribution in [1.29, 1.82) is 0 Å². The van der Waals surface area contributed by atoms with Crippen LogP contribution in [-0.4, -0.2) is 23.2 Å². The highest BCUT2D eigenvalue weighted by Gasteiger charge is 2.54. The van der Waals surface area contributed by atoms with Crippen LogP contribution >= 0.6 is 11.8 Å². The van der Waals surface area contributed by atoms with Gasteiger partial charge in [-0.1, -0.05) is 11.8 Å². The van der Waals surface area contributed by atoms with Gasteiger partial charge in [0.15, 0.2) is 5.17 Å². The molecule has 0 N–H and O–H groups in total. The molecule has 18 heavy (non-hydrogen) atoms. The number of nitrogens with zero attached hydrogens (tertiary/aromatic N) is 2. The molecule has 4 aliphatic carbocycles. The highest BCUT2D eigenvalue weighted by Crippen LogP contribution is 2.65. The van der Waals surface area contributed by atoms with Gasteiger partial charge in [-0.2, -0.15) is 0 Å². The quantitative estimate of drug-likeness (QED) is 0.717. The molecule has 0 atom stereocenters. The monoisotopic (exact) mass is 260 g/mol. The van der Waals surface area contributed by atoms with E-state index in [-0.39, 0.29) is 0 Å². The summed E-state index contributed by atoms with van der Waals surface area (Å²) in [4.78, 5) is 8.71. The van der Waals surface area contributed by atoms with E-state index in [1.165, 1.54) is 24.4 Å². The summed E-state index contributed by atoms with van der Waals surface area (Å²) in [6.45, 7) is 2.13. The molecule has 0 aromatic carbocycles. The van der Waals surface area contributed by atoms with Gasteiger partial charge in [-0.05, 0) is 56.3 Å². The molecule has 0 radical (unpaired) electrons. The number of amidine groups is 1. The molecule has 2 nitrogen and oxygen atoms in total. The van der Waals surface area contributed by atoms with Crippen LogP contribution in [0.2, 0.25) is 0 Å². The van der Waals surface area contributed by atoms with Gasteiger partial charge < -0.3 is 4.90 Å². The minimum absolute atomic E-state index is 0.576. The molecule has 3 heteroatoms. The molecular formula is C15H20N2S. The van der Waals surface area contributed by atoms with Crippen LogP contribution in [0.3, 0.4) is 0 Å². The summed E-state index contributed by atoms with van der Waals surface area (Å²) in [5, 5.41) is 1.29. The van der Waals surface area contributed by atoms with E-state index < -0.39 is 0 Å². The summed E-state index contributed by atoms with van der Waals surface area (Å²) in [6.07, 6.45) is 11.5. The number of allylic oxidation sites excluding steroid dienone is 1. The Kier molecular flexibility index (Phi) is 1.93. The van der Waals surface area contributed by atoms with E-state index in [0.29, 0.717) is 5.41 Å². The largest absolute Gasteiger partial charge is 0.325 e. The highest BCUT2D eigenvalue weighted by atomic mass is 32.2. The molecule has 0 amide bonds. The zero-order chi connectivity index (χ0) is 11.7. The summed E-state index contributed by atoms with van der Waals surface area (Å²) >= 11 is 2.01. The standard InChI is InChI=1S/C15H20N2S/c1-2-17-9-13(18-14(17)16-1)15-6-10-3-11(7-15)5-12(4-10)8-15/h9-12H,1-8H2. The van der Waals surface area contributed by atoms with Gasteiger partial charge in [0.25, 0.3) is 0 Å². The van der Waals surface area contributed by atoms with Crippen molar-refractivity contribution >= 4 is 16.9 Å².